The molecule has 2 aromatic rings. The number of aldehydes is 1. The van der Waals surface area contributed by atoms with Crippen LogP contribution >= 0.6 is 0 Å². The van der Waals surface area contributed by atoms with Crippen molar-refractivity contribution in [1.29, 1.82) is 0 Å². The van der Waals surface area contributed by atoms with Crippen molar-refractivity contribution in [3.63, 3.8) is 0 Å². The number of aryl methyl sites for hydroxylation is 3. The van der Waals surface area contributed by atoms with Crippen LogP contribution in [0.15, 0.2) is 18.2 Å². The zero-order valence-corrected chi connectivity index (χ0v) is 10.6. The van der Waals surface area contributed by atoms with Gasteiger partial charge < -0.3 is 4.57 Å². The van der Waals surface area contributed by atoms with Gasteiger partial charge in [0.25, 0.3) is 0 Å². The highest BCUT2D eigenvalue weighted by atomic mass is 16.1. The molecule has 0 radical (unpaired) electrons. The van der Waals surface area contributed by atoms with E-state index in [-0.39, 0.29) is 0 Å². The van der Waals surface area contributed by atoms with Crippen LogP contribution in [0.1, 0.15) is 33.1 Å². The van der Waals surface area contributed by atoms with E-state index in [1.54, 1.807) is 0 Å². The highest BCUT2D eigenvalue weighted by Gasteiger charge is 2.12. The predicted molar refractivity (Wildman–Crippen MR) is 67.9 cm³/mol. The molecular weight excluding hydrogens is 212 g/mol. The van der Waals surface area contributed by atoms with Crippen LogP contribution in [0.4, 0.5) is 0 Å². The summed E-state index contributed by atoms with van der Waals surface area (Å²) in [5, 5.41) is 0. The molecule has 0 aliphatic rings. The molecule has 0 saturated heterocycles. The highest BCUT2D eigenvalue weighted by molar-refractivity contribution is 5.77. The van der Waals surface area contributed by atoms with Crippen molar-refractivity contribution >= 4 is 6.29 Å². The van der Waals surface area contributed by atoms with Gasteiger partial charge in [-0.25, -0.2) is 0 Å². The van der Waals surface area contributed by atoms with Crippen LogP contribution in [-0.2, 0) is 0 Å². The third-order valence-corrected chi connectivity index (χ3v) is 3.04. The molecule has 0 fully saturated rings. The molecule has 0 N–H and O–H groups in total. The maximum atomic E-state index is 10.9. The van der Waals surface area contributed by atoms with E-state index in [0.717, 1.165) is 40.3 Å². The highest BCUT2D eigenvalue weighted by Crippen LogP contribution is 2.21. The maximum absolute atomic E-state index is 10.9. The normalized spacial score (nSPS) is 10.6. The molecule has 88 valence electrons. The van der Waals surface area contributed by atoms with Crippen LogP contribution in [0.3, 0.4) is 0 Å². The molecule has 0 atom stereocenters. The van der Waals surface area contributed by atoms with Gasteiger partial charge in [-0.15, -0.1) is 0 Å². The van der Waals surface area contributed by atoms with Crippen molar-refractivity contribution in [3.05, 3.63) is 46.5 Å². The Bertz CT molecular complexity index is 582. The minimum Gasteiger partial charge on any atom is -0.316 e. The van der Waals surface area contributed by atoms with Gasteiger partial charge in [0.2, 0.25) is 0 Å². The lowest BCUT2D eigenvalue weighted by molar-refractivity contribution is 0.112. The van der Waals surface area contributed by atoms with Crippen LogP contribution in [0.25, 0.3) is 5.69 Å². The Balaban J connectivity index is 2.68. The molecule has 3 heteroatoms. The molecule has 0 unspecified atom stereocenters. The number of rotatable bonds is 2. The molecule has 0 bridgehead atoms. The van der Waals surface area contributed by atoms with E-state index in [1.165, 1.54) is 0 Å². The van der Waals surface area contributed by atoms with E-state index in [1.807, 2.05) is 45.9 Å². The molecule has 17 heavy (non-hydrogen) atoms. The summed E-state index contributed by atoms with van der Waals surface area (Å²) in [7, 11) is 0. The average molecular weight is 228 g/mol. The summed E-state index contributed by atoms with van der Waals surface area (Å²) < 4.78 is 2.07. The van der Waals surface area contributed by atoms with Crippen molar-refractivity contribution in [3.8, 4) is 5.69 Å². The number of hydrogen-bond donors (Lipinski definition) is 0. The molecule has 0 aliphatic carbocycles. The SMILES string of the molecule is Cc1ccc(-n2c(C)cc(C=O)c2C)c(C)n1. The zero-order valence-electron chi connectivity index (χ0n) is 10.6. The van der Waals surface area contributed by atoms with E-state index in [9.17, 15) is 4.79 Å². The Kier molecular flexibility index (Phi) is 2.84. The minimum absolute atomic E-state index is 0.738. The number of carbonyl (C=O) groups excluding carboxylic acids is 1. The number of pyridine rings is 1. The lowest BCUT2D eigenvalue weighted by Crippen LogP contribution is -2.03. The Morgan fingerprint density at radius 2 is 1.88 bits per heavy atom. The molecule has 2 aromatic heterocycles. The first-order valence-electron chi connectivity index (χ1n) is 5.63. The molecule has 2 heterocycles. The van der Waals surface area contributed by atoms with Crippen LogP contribution < -0.4 is 0 Å². The standard InChI is InChI=1S/C14H16N2O/c1-9-5-6-14(11(3)15-9)16-10(2)7-13(8-17)12(16)4/h5-8H,1-4H3. The van der Waals surface area contributed by atoms with E-state index >= 15 is 0 Å². The first kappa shape index (κ1) is 11.6. The first-order valence-corrected chi connectivity index (χ1v) is 5.63. The Hall–Kier alpha value is -1.90. The second-order valence-electron chi connectivity index (χ2n) is 4.34. The molecule has 0 spiro atoms. The first-order chi connectivity index (χ1) is 8.04. The van der Waals surface area contributed by atoms with Crippen molar-refractivity contribution < 1.29 is 4.79 Å². The summed E-state index contributed by atoms with van der Waals surface area (Å²) in [6.07, 6.45) is 0.899. The summed E-state index contributed by atoms with van der Waals surface area (Å²) in [5.41, 5.74) is 5.78. The molecular formula is C14H16N2O. The molecule has 0 aliphatic heterocycles. The van der Waals surface area contributed by atoms with Gasteiger partial charge >= 0.3 is 0 Å². The second kappa shape index (κ2) is 4.17. The summed E-state index contributed by atoms with van der Waals surface area (Å²) in [5.74, 6) is 0. The second-order valence-corrected chi connectivity index (χ2v) is 4.34. The van der Waals surface area contributed by atoms with Gasteiger partial charge in [0.05, 0.1) is 11.4 Å². The fourth-order valence-corrected chi connectivity index (χ4v) is 2.19. The van der Waals surface area contributed by atoms with Gasteiger partial charge in [0, 0.05) is 22.6 Å². The summed E-state index contributed by atoms with van der Waals surface area (Å²) in [6, 6.07) is 5.94. The summed E-state index contributed by atoms with van der Waals surface area (Å²) in [6.45, 7) is 7.92. The van der Waals surface area contributed by atoms with Crippen LogP contribution in [-0.4, -0.2) is 15.8 Å². The summed E-state index contributed by atoms with van der Waals surface area (Å²) in [4.78, 5) is 15.4. The molecule has 0 saturated carbocycles. The van der Waals surface area contributed by atoms with Crippen molar-refractivity contribution in [2.75, 3.05) is 0 Å². The van der Waals surface area contributed by atoms with Gasteiger partial charge in [-0.1, -0.05) is 0 Å². The van der Waals surface area contributed by atoms with Crippen LogP contribution in [0.5, 0.6) is 0 Å². The number of carbonyl (C=O) groups is 1. The summed E-state index contributed by atoms with van der Waals surface area (Å²) >= 11 is 0. The monoisotopic (exact) mass is 228 g/mol. The van der Waals surface area contributed by atoms with Gasteiger partial charge in [-0.2, -0.15) is 0 Å². The van der Waals surface area contributed by atoms with Crippen LogP contribution in [0.2, 0.25) is 0 Å². The molecule has 3 nitrogen and oxygen atoms in total. The van der Waals surface area contributed by atoms with Gasteiger partial charge in [0.1, 0.15) is 0 Å². The van der Waals surface area contributed by atoms with E-state index in [4.69, 9.17) is 0 Å². The molecule has 2 rings (SSSR count). The van der Waals surface area contributed by atoms with Gasteiger partial charge in [-0.05, 0) is 45.9 Å². The maximum Gasteiger partial charge on any atom is 0.151 e. The fourth-order valence-electron chi connectivity index (χ4n) is 2.19. The van der Waals surface area contributed by atoms with Crippen molar-refractivity contribution in [1.82, 2.24) is 9.55 Å². The quantitative estimate of drug-likeness (QED) is 0.741. The number of nitrogens with zero attached hydrogens (tertiary/aromatic N) is 2. The smallest absolute Gasteiger partial charge is 0.151 e. The predicted octanol–water partition coefficient (Wildman–Crippen LogP) is 2.92. The molecule has 0 aromatic carbocycles. The van der Waals surface area contributed by atoms with Crippen molar-refractivity contribution in [2.24, 2.45) is 0 Å². The average Bonchev–Trinajstić information content (AvgIpc) is 2.55. The number of hydrogen-bond acceptors (Lipinski definition) is 2. The lowest BCUT2D eigenvalue weighted by Gasteiger charge is -2.12. The zero-order chi connectivity index (χ0) is 12.6. The van der Waals surface area contributed by atoms with E-state index in [0.29, 0.717) is 0 Å². The third kappa shape index (κ3) is 1.88. The Morgan fingerprint density at radius 3 is 2.41 bits per heavy atom. The third-order valence-electron chi connectivity index (χ3n) is 3.04. The Morgan fingerprint density at radius 1 is 1.18 bits per heavy atom. The minimum atomic E-state index is 0.738. The van der Waals surface area contributed by atoms with Crippen molar-refractivity contribution in [2.45, 2.75) is 27.7 Å². The topological polar surface area (TPSA) is 34.9 Å². The Labute approximate surface area is 101 Å². The van der Waals surface area contributed by atoms with Gasteiger partial charge in [-0.3, -0.25) is 9.78 Å². The fraction of sp³-hybridized carbons (Fsp3) is 0.286. The largest absolute Gasteiger partial charge is 0.316 e. The van der Waals surface area contributed by atoms with Gasteiger partial charge in [0.15, 0.2) is 6.29 Å². The molecule has 0 amide bonds. The van der Waals surface area contributed by atoms with E-state index in [2.05, 4.69) is 9.55 Å². The lowest BCUT2D eigenvalue weighted by atomic mass is 10.2. The van der Waals surface area contributed by atoms with E-state index < -0.39 is 0 Å². The number of aromatic nitrogens is 2. The van der Waals surface area contributed by atoms with Crippen LogP contribution in [0, 0.1) is 27.7 Å².